The first-order valence-electron chi connectivity index (χ1n) is 8.62. The molecule has 2 heterocycles. The van der Waals surface area contributed by atoms with Gasteiger partial charge in [-0.1, -0.05) is 26.2 Å². The van der Waals surface area contributed by atoms with Crippen LogP contribution in [0.1, 0.15) is 65.7 Å². The van der Waals surface area contributed by atoms with Crippen LogP contribution in [0, 0.1) is 11.8 Å². The van der Waals surface area contributed by atoms with E-state index in [-0.39, 0.29) is 6.04 Å². The maximum Gasteiger partial charge on any atom is 0.209 e. The van der Waals surface area contributed by atoms with Crippen molar-refractivity contribution < 1.29 is 5.11 Å². The van der Waals surface area contributed by atoms with E-state index in [9.17, 15) is 5.11 Å². The second kappa shape index (κ2) is 7.63. The SMILES string of the molecule is CCCCNc1nc(C#CC(C)(O)CC)nc2c1ncn2C(C)C. The Morgan fingerprint density at radius 1 is 1.33 bits per heavy atom. The second-order valence-electron chi connectivity index (χ2n) is 6.47. The van der Waals surface area contributed by atoms with Crippen molar-refractivity contribution in [3.05, 3.63) is 12.2 Å². The molecule has 2 N–H and O–H groups in total. The summed E-state index contributed by atoms with van der Waals surface area (Å²) in [4.78, 5) is 13.5. The summed E-state index contributed by atoms with van der Waals surface area (Å²) in [5.74, 6) is 6.86. The van der Waals surface area contributed by atoms with Crippen LogP contribution < -0.4 is 5.32 Å². The van der Waals surface area contributed by atoms with Gasteiger partial charge >= 0.3 is 0 Å². The monoisotopic (exact) mass is 329 g/mol. The van der Waals surface area contributed by atoms with Gasteiger partial charge < -0.3 is 15.0 Å². The van der Waals surface area contributed by atoms with Crippen LogP contribution in [-0.4, -0.2) is 36.8 Å². The lowest BCUT2D eigenvalue weighted by atomic mass is 10.1. The van der Waals surface area contributed by atoms with Crippen molar-refractivity contribution in [2.24, 2.45) is 0 Å². The Bertz CT molecular complexity index is 752. The predicted molar refractivity (Wildman–Crippen MR) is 96.9 cm³/mol. The van der Waals surface area contributed by atoms with Gasteiger partial charge in [-0.05, 0) is 39.5 Å². The molecule has 0 aliphatic heterocycles. The normalized spacial score (nSPS) is 13.6. The van der Waals surface area contributed by atoms with Crippen molar-refractivity contribution in [1.82, 2.24) is 19.5 Å². The third kappa shape index (κ3) is 4.24. The van der Waals surface area contributed by atoms with Gasteiger partial charge in [0.1, 0.15) is 5.60 Å². The average molecular weight is 329 g/mol. The van der Waals surface area contributed by atoms with E-state index in [1.54, 1.807) is 13.3 Å². The van der Waals surface area contributed by atoms with Gasteiger partial charge in [0.25, 0.3) is 0 Å². The van der Waals surface area contributed by atoms with Crippen LogP contribution in [0.5, 0.6) is 0 Å². The highest BCUT2D eigenvalue weighted by atomic mass is 16.3. The Hall–Kier alpha value is -2.13. The van der Waals surface area contributed by atoms with E-state index in [1.807, 2.05) is 11.5 Å². The molecular formula is C18H27N5O. The third-order valence-electron chi connectivity index (χ3n) is 3.93. The molecule has 6 nitrogen and oxygen atoms in total. The number of nitrogens with one attached hydrogen (secondary N) is 1. The molecule has 0 aromatic carbocycles. The molecule has 0 saturated heterocycles. The molecule has 2 rings (SSSR count). The summed E-state index contributed by atoms with van der Waals surface area (Å²) < 4.78 is 2.01. The van der Waals surface area contributed by atoms with E-state index in [0.29, 0.717) is 18.1 Å². The molecular weight excluding hydrogens is 302 g/mol. The fraction of sp³-hybridized carbons (Fsp3) is 0.611. The number of anilines is 1. The van der Waals surface area contributed by atoms with E-state index in [1.165, 1.54) is 0 Å². The molecule has 24 heavy (non-hydrogen) atoms. The van der Waals surface area contributed by atoms with Gasteiger partial charge in [-0.3, -0.25) is 0 Å². The maximum atomic E-state index is 10.1. The highest BCUT2D eigenvalue weighted by molar-refractivity contribution is 5.83. The van der Waals surface area contributed by atoms with Gasteiger partial charge in [-0.15, -0.1) is 0 Å². The molecule has 0 spiro atoms. The maximum absolute atomic E-state index is 10.1. The topological polar surface area (TPSA) is 75.9 Å². The number of hydrogen-bond donors (Lipinski definition) is 2. The molecule has 1 atom stereocenters. The minimum atomic E-state index is -1.04. The summed E-state index contributed by atoms with van der Waals surface area (Å²) in [5, 5.41) is 13.4. The largest absolute Gasteiger partial charge is 0.378 e. The molecule has 2 aromatic rings. The van der Waals surface area contributed by atoms with Crippen LogP contribution in [0.4, 0.5) is 5.82 Å². The van der Waals surface area contributed by atoms with Crippen molar-refractivity contribution in [3.8, 4) is 11.8 Å². The number of nitrogens with zero attached hydrogens (tertiary/aromatic N) is 4. The lowest BCUT2D eigenvalue weighted by molar-refractivity contribution is 0.118. The molecule has 0 amide bonds. The Kier molecular flexibility index (Phi) is 5.79. The van der Waals surface area contributed by atoms with Gasteiger partial charge in [0.2, 0.25) is 5.82 Å². The first-order chi connectivity index (χ1) is 11.4. The number of rotatable bonds is 6. The summed E-state index contributed by atoms with van der Waals surface area (Å²) in [6, 6.07) is 0.243. The average Bonchev–Trinajstić information content (AvgIpc) is 2.97. The zero-order chi connectivity index (χ0) is 17.7. The second-order valence-corrected chi connectivity index (χ2v) is 6.47. The predicted octanol–water partition coefficient (Wildman–Crippen LogP) is 3.13. The Balaban J connectivity index is 2.49. The highest BCUT2D eigenvalue weighted by Gasteiger charge is 2.15. The van der Waals surface area contributed by atoms with Crippen LogP contribution in [0.3, 0.4) is 0 Å². The van der Waals surface area contributed by atoms with Crippen molar-refractivity contribution >= 4 is 17.0 Å². The number of aliphatic hydroxyl groups is 1. The molecule has 0 fully saturated rings. The minimum absolute atomic E-state index is 0.243. The van der Waals surface area contributed by atoms with E-state index >= 15 is 0 Å². The number of unbranched alkanes of at least 4 members (excludes halogenated alkanes) is 1. The summed E-state index contributed by atoms with van der Waals surface area (Å²) in [6.45, 7) is 10.7. The lowest BCUT2D eigenvalue weighted by Crippen LogP contribution is -2.19. The van der Waals surface area contributed by atoms with E-state index < -0.39 is 5.60 Å². The fourth-order valence-electron chi connectivity index (χ4n) is 2.14. The van der Waals surface area contributed by atoms with E-state index in [2.05, 4.69) is 52.9 Å². The van der Waals surface area contributed by atoms with Gasteiger partial charge in [-0.2, -0.15) is 0 Å². The summed E-state index contributed by atoms with van der Waals surface area (Å²) in [6.07, 6.45) is 4.50. The van der Waals surface area contributed by atoms with Crippen LogP contribution in [0.2, 0.25) is 0 Å². The summed E-state index contributed by atoms with van der Waals surface area (Å²) in [7, 11) is 0. The molecule has 0 aliphatic carbocycles. The number of fused-ring (bicyclic) bond motifs is 1. The van der Waals surface area contributed by atoms with Crippen molar-refractivity contribution in [2.75, 3.05) is 11.9 Å². The smallest absolute Gasteiger partial charge is 0.209 e. The van der Waals surface area contributed by atoms with Crippen molar-refractivity contribution in [1.29, 1.82) is 0 Å². The molecule has 0 saturated carbocycles. The van der Waals surface area contributed by atoms with Gasteiger partial charge in [0.15, 0.2) is 17.0 Å². The summed E-state index contributed by atoms with van der Waals surface area (Å²) in [5.41, 5.74) is 0.485. The number of aromatic nitrogens is 4. The molecule has 130 valence electrons. The first-order valence-corrected chi connectivity index (χ1v) is 8.62. The van der Waals surface area contributed by atoms with Crippen LogP contribution in [0.25, 0.3) is 11.2 Å². The van der Waals surface area contributed by atoms with E-state index in [0.717, 1.165) is 30.6 Å². The zero-order valence-electron chi connectivity index (χ0n) is 15.2. The van der Waals surface area contributed by atoms with Gasteiger partial charge in [0, 0.05) is 12.6 Å². The van der Waals surface area contributed by atoms with Crippen molar-refractivity contribution in [3.63, 3.8) is 0 Å². The Morgan fingerprint density at radius 2 is 2.08 bits per heavy atom. The number of imidazole rings is 1. The number of hydrogen-bond acceptors (Lipinski definition) is 5. The molecule has 6 heteroatoms. The quantitative estimate of drug-likeness (QED) is 0.629. The van der Waals surface area contributed by atoms with Crippen molar-refractivity contribution in [2.45, 2.75) is 65.5 Å². The summed E-state index contributed by atoms with van der Waals surface area (Å²) >= 11 is 0. The Labute approximate surface area is 143 Å². The molecule has 1 unspecified atom stereocenters. The molecule has 0 aliphatic rings. The van der Waals surface area contributed by atoms with Gasteiger partial charge in [-0.25, -0.2) is 15.0 Å². The molecule has 2 aromatic heterocycles. The first kappa shape index (κ1) is 18.2. The van der Waals surface area contributed by atoms with Crippen LogP contribution >= 0.6 is 0 Å². The Morgan fingerprint density at radius 3 is 2.71 bits per heavy atom. The fourth-order valence-corrected chi connectivity index (χ4v) is 2.14. The molecule has 0 bridgehead atoms. The van der Waals surface area contributed by atoms with Gasteiger partial charge in [0.05, 0.1) is 6.33 Å². The van der Waals surface area contributed by atoms with E-state index in [4.69, 9.17) is 0 Å². The zero-order valence-corrected chi connectivity index (χ0v) is 15.2. The highest BCUT2D eigenvalue weighted by Crippen LogP contribution is 2.21. The molecule has 0 radical (unpaired) electrons. The van der Waals surface area contributed by atoms with Crippen LogP contribution in [-0.2, 0) is 0 Å². The standard InChI is InChI=1S/C18H27N5O/c1-6-8-11-19-16-15-17(23(12-20-15)13(3)4)22-14(21-16)9-10-18(5,24)7-2/h12-13,24H,6-8,11H2,1-5H3,(H,19,21,22). The van der Waals surface area contributed by atoms with Crippen LogP contribution in [0.15, 0.2) is 6.33 Å². The third-order valence-corrected chi connectivity index (χ3v) is 3.93. The minimum Gasteiger partial charge on any atom is -0.378 e. The lowest BCUT2D eigenvalue weighted by Gasteiger charge is -2.12.